The van der Waals surface area contributed by atoms with Gasteiger partial charge in [-0.2, -0.15) is 0 Å². The van der Waals surface area contributed by atoms with E-state index in [4.69, 9.17) is 36.1 Å². The van der Waals surface area contributed by atoms with Crippen LogP contribution in [0.3, 0.4) is 0 Å². The maximum Gasteiger partial charge on any atom is 0.134 e. The molecule has 0 aliphatic carbocycles. The molecule has 0 heterocycles. The van der Waals surface area contributed by atoms with Crippen LogP contribution in [0.5, 0.6) is 23.0 Å². The van der Waals surface area contributed by atoms with Gasteiger partial charge in [-0.05, 0) is 141 Å². The Bertz CT molecular complexity index is 1470. The number of hydrogen-bond donors (Lipinski definition) is 3. The predicted octanol–water partition coefficient (Wildman–Crippen LogP) is 7.94. The molecule has 0 unspecified atom stereocenters. The summed E-state index contributed by atoms with van der Waals surface area (Å²) in [7, 11) is 0. The first-order chi connectivity index (χ1) is 23.3. The third kappa shape index (κ3) is 9.92. The average molecular weight is 662 g/mol. The summed E-state index contributed by atoms with van der Waals surface area (Å²) in [5.74, 6) is 1.48. The quantitative estimate of drug-likeness (QED) is 0.0874. The molecule has 9 heteroatoms. The molecule has 0 aliphatic rings. The summed E-state index contributed by atoms with van der Waals surface area (Å²) < 4.78 is 55.9. The topological polar surface area (TPSA) is 115 Å². The van der Waals surface area contributed by atoms with Crippen molar-refractivity contribution < 1.29 is 27.7 Å². The minimum Gasteiger partial charge on any atom is -0.493 e. The second-order valence-corrected chi connectivity index (χ2v) is 11.9. The van der Waals surface area contributed by atoms with E-state index in [9.17, 15) is 0 Å². The van der Waals surface area contributed by atoms with Gasteiger partial charge in [-0.3, -0.25) is 0 Å². The molecule has 0 bridgehead atoms. The first-order valence-electron chi connectivity index (χ1n) is 16.8. The standard InChI is InChI=1S/C39H49F2N3O4/c1-4-5-12-45-32-18-30(19-33(24-32)46-13-6-9-42)28-16-26(2)38(40)36(22-28)37-23-29(17-27(3)39(37)41)31-20-34(47-14-7-10-43)25-35(21-31)48-15-8-11-44/h16-25H,4-15,42-44H2,1-3H3. The number of unbranched alkanes of at least 4 members (excludes halogenated alkanes) is 1. The molecule has 0 aliphatic heterocycles. The summed E-state index contributed by atoms with van der Waals surface area (Å²) in [6.07, 6.45) is 3.99. The molecule has 0 saturated heterocycles. The Morgan fingerprint density at radius 3 is 1.08 bits per heavy atom. The summed E-state index contributed by atoms with van der Waals surface area (Å²) in [6.45, 7) is 8.89. The molecule has 0 amide bonds. The molecule has 4 aromatic rings. The summed E-state index contributed by atoms with van der Waals surface area (Å²) in [4.78, 5) is 0. The highest BCUT2D eigenvalue weighted by Crippen LogP contribution is 2.39. The van der Waals surface area contributed by atoms with Gasteiger partial charge in [0.15, 0.2) is 0 Å². The van der Waals surface area contributed by atoms with Crippen molar-refractivity contribution in [2.75, 3.05) is 46.1 Å². The Labute approximate surface area is 283 Å². The van der Waals surface area contributed by atoms with Gasteiger partial charge in [0.25, 0.3) is 0 Å². The average Bonchev–Trinajstić information content (AvgIpc) is 3.07. The van der Waals surface area contributed by atoms with Crippen LogP contribution in [0.15, 0.2) is 60.7 Å². The molecular weight excluding hydrogens is 612 g/mol. The van der Waals surface area contributed by atoms with E-state index >= 15 is 8.78 Å². The molecule has 7 nitrogen and oxygen atoms in total. The van der Waals surface area contributed by atoms with Crippen LogP contribution >= 0.6 is 0 Å². The van der Waals surface area contributed by atoms with Crippen LogP contribution < -0.4 is 36.1 Å². The predicted molar refractivity (Wildman–Crippen MR) is 190 cm³/mol. The third-order valence-corrected chi connectivity index (χ3v) is 7.84. The number of halogens is 2. The van der Waals surface area contributed by atoms with Gasteiger partial charge in [-0.1, -0.05) is 13.3 Å². The highest BCUT2D eigenvalue weighted by molar-refractivity contribution is 5.80. The van der Waals surface area contributed by atoms with Crippen molar-refractivity contribution in [3.8, 4) is 56.4 Å². The van der Waals surface area contributed by atoms with Gasteiger partial charge in [-0.25, -0.2) is 8.78 Å². The van der Waals surface area contributed by atoms with Crippen molar-refractivity contribution in [1.29, 1.82) is 0 Å². The SMILES string of the molecule is CCCCOc1cc(OCCCN)cc(-c2cc(C)c(F)c(-c3cc(-c4cc(OCCCN)cc(OCCCN)c4)cc(C)c3F)c2)c1. The molecule has 258 valence electrons. The number of hydrogen-bond acceptors (Lipinski definition) is 7. The van der Waals surface area contributed by atoms with E-state index in [0.29, 0.717) is 111 Å². The van der Waals surface area contributed by atoms with Crippen LogP contribution in [0.25, 0.3) is 33.4 Å². The Balaban J connectivity index is 1.80. The van der Waals surface area contributed by atoms with Crippen molar-refractivity contribution in [1.82, 2.24) is 0 Å². The maximum atomic E-state index is 16.0. The Morgan fingerprint density at radius 2 is 0.771 bits per heavy atom. The van der Waals surface area contributed by atoms with Gasteiger partial charge in [-0.15, -0.1) is 0 Å². The van der Waals surface area contributed by atoms with Crippen LogP contribution in [-0.4, -0.2) is 46.1 Å². The minimum absolute atomic E-state index is 0.155. The van der Waals surface area contributed by atoms with Gasteiger partial charge >= 0.3 is 0 Å². The first-order valence-corrected chi connectivity index (χ1v) is 16.8. The molecule has 4 rings (SSSR count). The largest absolute Gasteiger partial charge is 0.493 e. The summed E-state index contributed by atoms with van der Waals surface area (Å²) >= 11 is 0. The van der Waals surface area contributed by atoms with Crippen LogP contribution in [0.1, 0.15) is 50.2 Å². The fourth-order valence-corrected chi connectivity index (χ4v) is 5.23. The number of aryl methyl sites for hydroxylation is 2. The third-order valence-electron chi connectivity index (χ3n) is 7.84. The van der Waals surface area contributed by atoms with E-state index in [1.54, 1.807) is 38.1 Å². The summed E-state index contributed by atoms with van der Waals surface area (Å²) in [5.41, 5.74) is 21.0. The molecule has 6 N–H and O–H groups in total. The Morgan fingerprint density at radius 1 is 0.458 bits per heavy atom. The van der Waals surface area contributed by atoms with E-state index in [-0.39, 0.29) is 11.1 Å². The van der Waals surface area contributed by atoms with Gasteiger partial charge in [0.2, 0.25) is 0 Å². The summed E-state index contributed by atoms with van der Waals surface area (Å²) in [5, 5.41) is 0. The van der Waals surface area contributed by atoms with E-state index in [1.165, 1.54) is 0 Å². The molecule has 0 radical (unpaired) electrons. The molecule has 0 saturated carbocycles. The fraction of sp³-hybridized carbons (Fsp3) is 0.385. The molecule has 0 fully saturated rings. The fourth-order valence-electron chi connectivity index (χ4n) is 5.23. The number of rotatable bonds is 19. The zero-order valence-electron chi connectivity index (χ0n) is 28.4. The van der Waals surface area contributed by atoms with Gasteiger partial charge in [0.05, 0.1) is 26.4 Å². The summed E-state index contributed by atoms with van der Waals surface area (Å²) in [6, 6.07) is 18.1. The van der Waals surface area contributed by atoms with Crippen LogP contribution in [0, 0.1) is 25.5 Å². The molecule has 0 spiro atoms. The lowest BCUT2D eigenvalue weighted by Gasteiger charge is -2.17. The molecule has 0 atom stereocenters. The van der Waals surface area contributed by atoms with E-state index in [1.807, 2.05) is 36.4 Å². The van der Waals surface area contributed by atoms with E-state index in [2.05, 4.69) is 6.92 Å². The smallest absolute Gasteiger partial charge is 0.134 e. The molecule has 48 heavy (non-hydrogen) atoms. The molecule has 0 aromatic heterocycles. The van der Waals surface area contributed by atoms with Crippen molar-refractivity contribution in [3.63, 3.8) is 0 Å². The Kier molecular flexibility index (Phi) is 14.0. The van der Waals surface area contributed by atoms with Crippen molar-refractivity contribution in [3.05, 3.63) is 83.4 Å². The van der Waals surface area contributed by atoms with Gasteiger partial charge in [0.1, 0.15) is 34.6 Å². The molecule has 4 aromatic carbocycles. The van der Waals surface area contributed by atoms with Crippen molar-refractivity contribution in [2.24, 2.45) is 17.2 Å². The van der Waals surface area contributed by atoms with Crippen LogP contribution in [0.2, 0.25) is 0 Å². The normalized spacial score (nSPS) is 11.1. The van der Waals surface area contributed by atoms with Gasteiger partial charge in [0, 0.05) is 23.3 Å². The Hall–Kier alpha value is -4.18. The number of ether oxygens (including phenoxy) is 4. The van der Waals surface area contributed by atoms with E-state index < -0.39 is 11.6 Å². The lowest BCUT2D eigenvalue weighted by atomic mass is 9.91. The van der Waals surface area contributed by atoms with Gasteiger partial charge < -0.3 is 36.1 Å². The minimum atomic E-state index is -0.494. The highest BCUT2D eigenvalue weighted by atomic mass is 19.1. The van der Waals surface area contributed by atoms with E-state index in [0.717, 1.165) is 24.0 Å². The second kappa shape index (κ2) is 18.4. The number of benzene rings is 4. The number of nitrogens with two attached hydrogens (primary N) is 3. The van der Waals surface area contributed by atoms with Crippen LogP contribution in [0.4, 0.5) is 8.78 Å². The first kappa shape index (κ1) is 36.7. The zero-order chi connectivity index (χ0) is 34.5. The lowest BCUT2D eigenvalue weighted by molar-refractivity contribution is 0.296. The zero-order valence-corrected chi connectivity index (χ0v) is 28.4. The second-order valence-electron chi connectivity index (χ2n) is 11.9. The monoisotopic (exact) mass is 661 g/mol. The van der Waals surface area contributed by atoms with Crippen molar-refractivity contribution >= 4 is 0 Å². The van der Waals surface area contributed by atoms with Crippen molar-refractivity contribution in [2.45, 2.75) is 52.9 Å². The van der Waals surface area contributed by atoms with Crippen LogP contribution in [-0.2, 0) is 0 Å². The highest BCUT2D eigenvalue weighted by Gasteiger charge is 2.19. The lowest BCUT2D eigenvalue weighted by Crippen LogP contribution is -2.07. The molecular formula is C39H49F2N3O4. The maximum absolute atomic E-state index is 16.0.